The molecule has 0 amide bonds. The van der Waals surface area contributed by atoms with Gasteiger partial charge in [-0.1, -0.05) is 196 Å². The minimum Gasteiger partial charge on any atom is -0.0616 e. The van der Waals surface area contributed by atoms with Crippen LogP contribution in [-0.2, 0) is 5.41 Å². The molecule has 0 unspecified atom stereocenters. The maximum absolute atomic E-state index is 2.43. The summed E-state index contributed by atoms with van der Waals surface area (Å²) in [5, 5.41) is 10.2. The summed E-state index contributed by atoms with van der Waals surface area (Å²) < 4.78 is 0. The second-order valence-electron chi connectivity index (χ2n) is 15.6. The molecule has 0 saturated carbocycles. The molecule has 1 aliphatic rings. The largest absolute Gasteiger partial charge is 0.0616 e. The Bertz CT molecular complexity index is 3100. The van der Waals surface area contributed by atoms with Crippen LogP contribution in [0.1, 0.15) is 25.0 Å². The SMILES string of the molecule is CC1(C)c2ccc(-c3ccc(-c4c5ccccc5c(-c5ccccc5-c5ccc6ccccc6c5)c5ccccc45)cc3)cc2-c2c1ccc1ccccc21. The molecule has 0 aromatic heterocycles. The van der Waals surface area contributed by atoms with Crippen LogP contribution in [0.25, 0.3) is 98.7 Å². The first-order valence-electron chi connectivity index (χ1n) is 19.3. The maximum atomic E-state index is 2.43. The summed E-state index contributed by atoms with van der Waals surface area (Å²) in [7, 11) is 0. The van der Waals surface area contributed by atoms with E-state index < -0.39 is 0 Å². The van der Waals surface area contributed by atoms with Gasteiger partial charge in [-0.2, -0.15) is 0 Å². The van der Waals surface area contributed by atoms with E-state index >= 15 is 0 Å². The lowest BCUT2D eigenvalue weighted by molar-refractivity contribution is 0.661. The van der Waals surface area contributed by atoms with Crippen LogP contribution >= 0.6 is 0 Å². The van der Waals surface area contributed by atoms with Crippen LogP contribution < -0.4 is 0 Å². The molecule has 0 spiro atoms. The highest BCUT2D eigenvalue weighted by Crippen LogP contribution is 2.52. The fourth-order valence-electron chi connectivity index (χ4n) is 9.57. The van der Waals surface area contributed by atoms with Crippen LogP contribution in [0.2, 0.25) is 0 Å². The van der Waals surface area contributed by atoms with Crippen molar-refractivity contribution >= 4 is 43.1 Å². The predicted molar refractivity (Wildman–Crippen MR) is 236 cm³/mol. The van der Waals surface area contributed by atoms with E-state index in [0.29, 0.717) is 0 Å². The molecule has 0 heteroatoms. The van der Waals surface area contributed by atoms with Gasteiger partial charge in [-0.3, -0.25) is 0 Å². The third-order valence-corrected chi connectivity index (χ3v) is 12.3. The third kappa shape index (κ3) is 4.85. The molecule has 10 aromatic carbocycles. The molecule has 0 N–H and O–H groups in total. The lowest BCUT2D eigenvalue weighted by Gasteiger charge is -2.21. The molecule has 0 nitrogen and oxygen atoms in total. The molecule has 0 aliphatic heterocycles. The van der Waals surface area contributed by atoms with Gasteiger partial charge in [0.1, 0.15) is 0 Å². The summed E-state index contributed by atoms with van der Waals surface area (Å²) in [4.78, 5) is 0. The van der Waals surface area contributed by atoms with Crippen molar-refractivity contribution in [2.75, 3.05) is 0 Å². The Balaban J connectivity index is 1.06. The Labute approximate surface area is 322 Å². The molecule has 11 rings (SSSR count). The second-order valence-corrected chi connectivity index (χ2v) is 15.6. The zero-order valence-corrected chi connectivity index (χ0v) is 31.0. The Kier molecular flexibility index (Phi) is 7.00. The predicted octanol–water partition coefficient (Wildman–Crippen LogP) is 15.3. The van der Waals surface area contributed by atoms with E-state index in [1.807, 2.05) is 0 Å². The van der Waals surface area contributed by atoms with Gasteiger partial charge in [0.15, 0.2) is 0 Å². The highest BCUT2D eigenvalue weighted by molar-refractivity contribution is 6.22. The standard InChI is InChI=1S/C55H38/c1-55(2)50-31-30-40(34-49(50)54-43-17-6-5-14-37(43)29-32-51(54)55)36-23-26-38(27-24-36)52-45-19-9-11-21-47(45)53(48-22-12-10-20-46(48)52)44-18-8-7-16-42(44)41-28-25-35-13-3-4-15-39(35)33-41/h3-34H,1-2H3. The first-order chi connectivity index (χ1) is 27.0. The minimum absolute atomic E-state index is 0.0403. The van der Waals surface area contributed by atoms with Crippen molar-refractivity contribution in [3.8, 4) is 55.6 Å². The van der Waals surface area contributed by atoms with Crippen molar-refractivity contribution in [2.45, 2.75) is 19.3 Å². The number of benzene rings is 10. The normalized spacial score (nSPS) is 13.1. The summed E-state index contributed by atoms with van der Waals surface area (Å²) in [6.07, 6.45) is 0. The fourth-order valence-corrected chi connectivity index (χ4v) is 9.57. The van der Waals surface area contributed by atoms with Gasteiger partial charge in [0.25, 0.3) is 0 Å². The van der Waals surface area contributed by atoms with Crippen molar-refractivity contribution in [1.29, 1.82) is 0 Å². The molecule has 0 heterocycles. The Hall–Kier alpha value is -6.76. The van der Waals surface area contributed by atoms with Crippen LogP contribution in [-0.4, -0.2) is 0 Å². The molecule has 0 saturated heterocycles. The van der Waals surface area contributed by atoms with Gasteiger partial charge in [-0.25, -0.2) is 0 Å². The molecule has 0 bridgehead atoms. The molecule has 0 radical (unpaired) electrons. The van der Waals surface area contributed by atoms with Gasteiger partial charge >= 0.3 is 0 Å². The molecular weight excluding hydrogens is 661 g/mol. The number of hydrogen-bond acceptors (Lipinski definition) is 0. The van der Waals surface area contributed by atoms with Gasteiger partial charge in [0.2, 0.25) is 0 Å². The van der Waals surface area contributed by atoms with Crippen molar-refractivity contribution in [1.82, 2.24) is 0 Å². The third-order valence-electron chi connectivity index (χ3n) is 12.3. The molecule has 1 aliphatic carbocycles. The Morgan fingerprint density at radius 2 is 0.764 bits per heavy atom. The first kappa shape index (κ1) is 31.7. The van der Waals surface area contributed by atoms with Crippen molar-refractivity contribution in [3.05, 3.63) is 205 Å². The van der Waals surface area contributed by atoms with Gasteiger partial charge < -0.3 is 0 Å². The Morgan fingerprint density at radius 3 is 1.47 bits per heavy atom. The molecular formula is C55H38. The highest BCUT2D eigenvalue weighted by atomic mass is 14.4. The first-order valence-corrected chi connectivity index (χ1v) is 19.3. The number of fused-ring (bicyclic) bond motifs is 8. The summed E-state index contributed by atoms with van der Waals surface area (Å²) in [5.74, 6) is 0. The van der Waals surface area contributed by atoms with Crippen LogP contribution in [0.5, 0.6) is 0 Å². The molecule has 10 aromatic rings. The van der Waals surface area contributed by atoms with Gasteiger partial charge in [0.05, 0.1) is 0 Å². The van der Waals surface area contributed by atoms with E-state index in [1.165, 1.54) is 110 Å². The molecule has 0 atom stereocenters. The van der Waals surface area contributed by atoms with Gasteiger partial charge in [0, 0.05) is 5.41 Å². The second kappa shape index (κ2) is 12.1. The van der Waals surface area contributed by atoms with Crippen molar-refractivity contribution in [2.24, 2.45) is 0 Å². The lowest BCUT2D eigenvalue weighted by atomic mass is 9.82. The average Bonchev–Trinajstić information content (AvgIpc) is 3.48. The van der Waals surface area contributed by atoms with E-state index in [4.69, 9.17) is 0 Å². The van der Waals surface area contributed by atoms with Crippen LogP contribution in [0.4, 0.5) is 0 Å². The minimum atomic E-state index is -0.0403. The van der Waals surface area contributed by atoms with Crippen LogP contribution in [0, 0.1) is 0 Å². The summed E-state index contributed by atoms with van der Waals surface area (Å²) in [6.45, 7) is 4.73. The average molecular weight is 699 g/mol. The van der Waals surface area contributed by atoms with Gasteiger partial charge in [-0.05, 0) is 122 Å². The topological polar surface area (TPSA) is 0 Å². The quantitative estimate of drug-likeness (QED) is 0.161. The van der Waals surface area contributed by atoms with E-state index in [1.54, 1.807) is 0 Å². The maximum Gasteiger partial charge on any atom is 0.0159 e. The van der Waals surface area contributed by atoms with Crippen molar-refractivity contribution in [3.63, 3.8) is 0 Å². The number of hydrogen-bond donors (Lipinski definition) is 0. The zero-order valence-electron chi connectivity index (χ0n) is 31.0. The molecule has 258 valence electrons. The van der Waals surface area contributed by atoms with E-state index in [9.17, 15) is 0 Å². The summed E-state index contributed by atoms with van der Waals surface area (Å²) in [5.41, 5.74) is 15.5. The molecule has 55 heavy (non-hydrogen) atoms. The van der Waals surface area contributed by atoms with Crippen molar-refractivity contribution < 1.29 is 0 Å². The summed E-state index contributed by atoms with van der Waals surface area (Å²) >= 11 is 0. The number of rotatable bonds is 4. The lowest BCUT2D eigenvalue weighted by Crippen LogP contribution is -2.14. The van der Waals surface area contributed by atoms with Crippen LogP contribution in [0.3, 0.4) is 0 Å². The smallest absolute Gasteiger partial charge is 0.0159 e. The Morgan fingerprint density at radius 1 is 0.273 bits per heavy atom. The van der Waals surface area contributed by atoms with E-state index in [-0.39, 0.29) is 5.41 Å². The fraction of sp³-hybridized carbons (Fsp3) is 0.0545. The molecule has 0 fully saturated rings. The monoisotopic (exact) mass is 698 g/mol. The summed E-state index contributed by atoms with van der Waals surface area (Å²) in [6, 6.07) is 72.1. The van der Waals surface area contributed by atoms with E-state index in [2.05, 4.69) is 208 Å². The highest BCUT2D eigenvalue weighted by Gasteiger charge is 2.36. The van der Waals surface area contributed by atoms with Gasteiger partial charge in [-0.15, -0.1) is 0 Å². The zero-order chi connectivity index (χ0) is 36.7. The van der Waals surface area contributed by atoms with E-state index in [0.717, 1.165) is 0 Å². The van der Waals surface area contributed by atoms with Crippen LogP contribution in [0.15, 0.2) is 194 Å².